The van der Waals surface area contributed by atoms with Crippen molar-refractivity contribution in [2.45, 2.75) is 0 Å². The highest BCUT2D eigenvalue weighted by atomic mass is 35.5. The predicted molar refractivity (Wildman–Crippen MR) is 64.0 cm³/mol. The van der Waals surface area contributed by atoms with Crippen molar-refractivity contribution in [1.29, 1.82) is 5.41 Å². The van der Waals surface area contributed by atoms with E-state index in [1.807, 2.05) is 0 Å². The van der Waals surface area contributed by atoms with Crippen LogP contribution in [0.3, 0.4) is 0 Å². The molecule has 2 aromatic rings. The van der Waals surface area contributed by atoms with Crippen LogP contribution in [-0.2, 0) is 0 Å². The van der Waals surface area contributed by atoms with E-state index in [0.29, 0.717) is 21.9 Å². The van der Waals surface area contributed by atoms with Gasteiger partial charge >= 0.3 is 0 Å². The SMILES string of the molecule is COc1cc2[nH]c(=O)c(C=N)cc2cc1Cl. The molecule has 0 aliphatic rings. The number of halogens is 1. The Balaban J connectivity index is 2.81. The number of nitrogens with one attached hydrogen (secondary N) is 2. The first-order chi connectivity index (χ1) is 7.65. The molecule has 0 aliphatic carbocycles. The molecule has 0 saturated carbocycles. The number of methoxy groups -OCH3 is 1. The topological polar surface area (TPSA) is 65.9 Å². The maximum atomic E-state index is 11.5. The Labute approximate surface area is 96.3 Å². The highest BCUT2D eigenvalue weighted by molar-refractivity contribution is 6.32. The number of aromatic amines is 1. The molecule has 0 spiro atoms. The minimum absolute atomic E-state index is 0.299. The molecule has 2 N–H and O–H groups in total. The smallest absolute Gasteiger partial charge is 0.257 e. The van der Waals surface area contributed by atoms with Gasteiger partial charge < -0.3 is 15.1 Å². The summed E-state index contributed by atoms with van der Waals surface area (Å²) in [4.78, 5) is 14.1. The van der Waals surface area contributed by atoms with Crippen molar-refractivity contribution in [1.82, 2.24) is 4.98 Å². The molecule has 0 bridgehead atoms. The van der Waals surface area contributed by atoms with Gasteiger partial charge in [-0.05, 0) is 12.1 Å². The third-order valence-electron chi connectivity index (χ3n) is 2.30. The van der Waals surface area contributed by atoms with E-state index in [1.54, 1.807) is 18.2 Å². The third-order valence-corrected chi connectivity index (χ3v) is 2.60. The standard InChI is InChI=1S/C11H9ClN2O2/c1-16-10-4-9-6(3-8(10)12)2-7(5-13)11(15)14-9/h2-5,13H,1H3,(H,14,15). The van der Waals surface area contributed by atoms with Gasteiger partial charge in [0, 0.05) is 17.7 Å². The number of pyridine rings is 1. The Morgan fingerprint density at radius 3 is 2.81 bits per heavy atom. The maximum Gasteiger partial charge on any atom is 0.257 e. The van der Waals surface area contributed by atoms with Crippen molar-refractivity contribution in [3.8, 4) is 5.75 Å². The van der Waals surface area contributed by atoms with Gasteiger partial charge in [0.25, 0.3) is 5.56 Å². The second-order valence-electron chi connectivity index (χ2n) is 3.27. The second-order valence-corrected chi connectivity index (χ2v) is 3.68. The van der Waals surface area contributed by atoms with Crippen molar-refractivity contribution in [2.75, 3.05) is 7.11 Å². The molecular weight excluding hydrogens is 228 g/mol. The molecule has 5 heteroatoms. The van der Waals surface area contributed by atoms with Gasteiger partial charge in [0.2, 0.25) is 0 Å². The average Bonchev–Trinajstić information content (AvgIpc) is 2.28. The molecule has 1 aromatic heterocycles. The van der Waals surface area contributed by atoms with Crippen LogP contribution in [0.1, 0.15) is 5.56 Å². The molecule has 16 heavy (non-hydrogen) atoms. The lowest BCUT2D eigenvalue weighted by Gasteiger charge is -2.05. The van der Waals surface area contributed by atoms with E-state index in [1.165, 1.54) is 7.11 Å². The summed E-state index contributed by atoms with van der Waals surface area (Å²) >= 11 is 5.96. The molecule has 2 rings (SSSR count). The Morgan fingerprint density at radius 1 is 1.44 bits per heavy atom. The molecule has 0 aliphatic heterocycles. The van der Waals surface area contributed by atoms with Gasteiger partial charge in [0.05, 0.1) is 23.2 Å². The minimum atomic E-state index is -0.299. The minimum Gasteiger partial charge on any atom is -0.495 e. The van der Waals surface area contributed by atoms with Gasteiger partial charge in [-0.2, -0.15) is 0 Å². The largest absolute Gasteiger partial charge is 0.495 e. The van der Waals surface area contributed by atoms with Crippen molar-refractivity contribution in [3.63, 3.8) is 0 Å². The molecule has 0 radical (unpaired) electrons. The Kier molecular flexibility index (Phi) is 2.66. The lowest BCUT2D eigenvalue weighted by atomic mass is 10.1. The maximum absolute atomic E-state index is 11.5. The number of rotatable bonds is 2. The molecule has 4 nitrogen and oxygen atoms in total. The highest BCUT2D eigenvalue weighted by Crippen LogP contribution is 2.28. The Morgan fingerprint density at radius 2 is 2.19 bits per heavy atom. The first-order valence-electron chi connectivity index (χ1n) is 4.56. The van der Waals surface area contributed by atoms with Crippen LogP contribution < -0.4 is 10.3 Å². The van der Waals surface area contributed by atoms with Crippen molar-refractivity contribution in [3.05, 3.63) is 39.1 Å². The molecule has 0 amide bonds. The summed E-state index contributed by atoms with van der Waals surface area (Å²) in [5.74, 6) is 0.507. The molecule has 0 saturated heterocycles. The lowest BCUT2D eigenvalue weighted by molar-refractivity contribution is 0.415. The van der Waals surface area contributed by atoms with Crippen molar-refractivity contribution < 1.29 is 4.74 Å². The second kappa shape index (κ2) is 3.98. The summed E-state index contributed by atoms with van der Waals surface area (Å²) < 4.78 is 5.05. The normalized spacial score (nSPS) is 10.4. The molecular formula is C11H9ClN2O2. The monoisotopic (exact) mass is 236 g/mol. The van der Waals surface area contributed by atoms with Gasteiger partial charge in [-0.25, -0.2) is 0 Å². The number of H-pyrrole nitrogens is 1. The van der Waals surface area contributed by atoms with Crippen molar-refractivity contribution in [2.24, 2.45) is 0 Å². The summed E-state index contributed by atoms with van der Waals surface area (Å²) in [6.07, 6.45) is 1.01. The number of benzene rings is 1. The van der Waals surface area contributed by atoms with E-state index in [0.717, 1.165) is 11.6 Å². The van der Waals surface area contributed by atoms with E-state index in [2.05, 4.69) is 4.98 Å². The fraction of sp³-hybridized carbons (Fsp3) is 0.0909. The Hall–Kier alpha value is -1.81. The van der Waals surface area contributed by atoms with Gasteiger partial charge in [0.1, 0.15) is 5.75 Å². The Bertz CT molecular complexity index is 619. The van der Waals surface area contributed by atoms with Crippen molar-refractivity contribution >= 4 is 28.7 Å². The number of hydrogen-bond acceptors (Lipinski definition) is 3. The fourth-order valence-electron chi connectivity index (χ4n) is 1.49. The quantitative estimate of drug-likeness (QED) is 0.785. The summed E-state index contributed by atoms with van der Waals surface area (Å²) in [5.41, 5.74) is 0.637. The molecule has 82 valence electrons. The van der Waals surface area contributed by atoms with Crippen LogP contribution >= 0.6 is 11.6 Å². The van der Waals surface area contributed by atoms with Crippen LogP contribution in [0.4, 0.5) is 0 Å². The van der Waals surface area contributed by atoms with Crippen LogP contribution in [0.15, 0.2) is 23.0 Å². The summed E-state index contributed by atoms with van der Waals surface area (Å²) in [6.45, 7) is 0. The summed E-state index contributed by atoms with van der Waals surface area (Å²) in [6, 6.07) is 4.97. The van der Waals surface area contributed by atoms with Gasteiger partial charge in [-0.15, -0.1) is 0 Å². The summed E-state index contributed by atoms with van der Waals surface area (Å²) in [5, 5.41) is 8.33. The average molecular weight is 237 g/mol. The molecule has 0 atom stereocenters. The molecule has 1 heterocycles. The fourth-order valence-corrected chi connectivity index (χ4v) is 1.74. The van der Waals surface area contributed by atoms with E-state index in [9.17, 15) is 4.79 Å². The zero-order valence-corrected chi connectivity index (χ0v) is 9.26. The van der Waals surface area contributed by atoms with Crippen LogP contribution in [-0.4, -0.2) is 18.3 Å². The molecule has 0 unspecified atom stereocenters. The number of ether oxygens (including phenoxy) is 1. The van der Waals surface area contributed by atoms with E-state index >= 15 is 0 Å². The summed E-state index contributed by atoms with van der Waals surface area (Å²) in [7, 11) is 1.51. The molecule has 1 aromatic carbocycles. The van der Waals surface area contributed by atoms with Gasteiger partial charge in [0.15, 0.2) is 0 Å². The van der Waals surface area contributed by atoms with Gasteiger partial charge in [-0.1, -0.05) is 11.6 Å². The van der Waals surface area contributed by atoms with E-state index in [4.69, 9.17) is 21.7 Å². The van der Waals surface area contributed by atoms with Crippen LogP contribution in [0.5, 0.6) is 5.75 Å². The van der Waals surface area contributed by atoms with Crippen LogP contribution in [0, 0.1) is 5.41 Å². The van der Waals surface area contributed by atoms with Crippen LogP contribution in [0.25, 0.3) is 10.9 Å². The number of fused-ring (bicyclic) bond motifs is 1. The lowest BCUT2D eigenvalue weighted by Crippen LogP contribution is -2.11. The number of hydrogen-bond donors (Lipinski definition) is 2. The van der Waals surface area contributed by atoms with E-state index in [-0.39, 0.29) is 5.56 Å². The van der Waals surface area contributed by atoms with Crippen LogP contribution in [0.2, 0.25) is 5.02 Å². The number of aromatic nitrogens is 1. The van der Waals surface area contributed by atoms with Gasteiger partial charge in [-0.3, -0.25) is 4.79 Å². The zero-order chi connectivity index (χ0) is 11.7. The molecule has 0 fully saturated rings. The first-order valence-corrected chi connectivity index (χ1v) is 4.94. The van der Waals surface area contributed by atoms with E-state index < -0.39 is 0 Å². The predicted octanol–water partition coefficient (Wildman–Crippen LogP) is 2.19. The first kappa shape index (κ1) is 10.7. The third kappa shape index (κ3) is 1.67. The highest BCUT2D eigenvalue weighted by Gasteiger charge is 2.06. The zero-order valence-electron chi connectivity index (χ0n) is 8.50.